The molecule has 1 amide bonds. The second-order valence-electron chi connectivity index (χ2n) is 4.39. The van der Waals surface area contributed by atoms with Crippen LogP contribution >= 0.6 is 11.3 Å². The summed E-state index contributed by atoms with van der Waals surface area (Å²) in [4.78, 5) is 15.3. The Balaban J connectivity index is 2.14. The third-order valence-corrected chi connectivity index (χ3v) is 3.73. The van der Waals surface area contributed by atoms with Gasteiger partial charge in [0.05, 0.1) is 6.42 Å². The van der Waals surface area contributed by atoms with Crippen LogP contribution in [0.2, 0.25) is 0 Å². The summed E-state index contributed by atoms with van der Waals surface area (Å²) in [5.41, 5.74) is 7.31. The highest BCUT2D eigenvalue weighted by Crippen LogP contribution is 2.19. The molecule has 2 rings (SSSR count). The maximum absolute atomic E-state index is 12.4. The van der Waals surface area contributed by atoms with Crippen molar-refractivity contribution in [3.05, 3.63) is 46.7 Å². The van der Waals surface area contributed by atoms with Crippen molar-refractivity contribution < 1.29 is 4.79 Å². The number of rotatable bonds is 5. The van der Waals surface area contributed by atoms with E-state index in [0.717, 1.165) is 23.5 Å². The molecule has 1 aromatic heterocycles. The zero-order valence-corrected chi connectivity index (χ0v) is 11.8. The van der Waals surface area contributed by atoms with Crippen LogP contribution in [0.5, 0.6) is 0 Å². The van der Waals surface area contributed by atoms with Crippen molar-refractivity contribution in [1.82, 2.24) is 0 Å². The van der Waals surface area contributed by atoms with Crippen LogP contribution in [-0.2, 0) is 11.2 Å². The molecule has 0 saturated carbocycles. The number of nitrogens with zero attached hydrogens (tertiary/aromatic N) is 1. The lowest BCUT2D eigenvalue weighted by molar-refractivity contribution is -0.117. The first kappa shape index (κ1) is 13.6. The number of nitrogen functional groups attached to an aromatic ring is 1. The molecule has 0 aliphatic heterocycles. The Morgan fingerprint density at radius 3 is 2.58 bits per heavy atom. The number of anilines is 2. The zero-order chi connectivity index (χ0) is 13.7. The van der Waals surface area contributed by atoms with Gasteiger partial charge in [0.1, 0.15) is 0 Å². The Bertz CT molecular complexity index is 520. The molecule has 1 heterocycles. The monoisotopic (exact) mass is 274 g/mol. The molecule has 0 saturated heterocycles. The zero-order valence-electron chi connectivity index (χ0n) is 11.0. The van der Waals surface area contributed by atoms with Crippen molar-refractivity contribution in [1.29, 1.82) is 0 Å². The van der Waals surface area contributed by atoms with E-state index in [2.05, 4.69) is 6.92 Å². The van der Waals surface area contributed by atoms with Gasteiger partial charge in [-0.25, -0.2) is 0 Å². The van der Waals surface area contributed by atoms with E-state index in [-0.39, 0.29) is 5.91 Å². The van der Waals surface area contributed by atoms with Crippen molar-refractivity contribution in [2.45, 2.75) is 19.8 Å². The van der Waals surface area contributed by atoms with Gasteiger partial charge in [0.2, 0.25) is 5.91 Å². The van der Waals surface area contributed by atoms with Gasteiger partial charge in [-0.1, -0.05) is 13.0 Å². The molecule has 1 aromatic carbocycles. The highest BCUT2D eigenvalue weighted by atomic mass is 32.1. The first-order chi connectivity index (χ1) is 9.20. The topological polar surface area (TPSA) is 46.3 Å². The number of hydrogen-bond donors (Lipinski definition) is 1. The predicted molar refractivity (Wildman–Crippen MR) is 81.5 cm³/mol. The number of thiophene rings is 1. The second-order valence-corrected chi connectivity index (χ2v) is 5.43. The molecule has 0 unspecified atom stereocenters. The van der Waals surface area contributed by atoms with Gasteiger partial charge in [-0.3, -0.25) is 4.79 Å². The fraction of sp³-hybridized carbons (Fsp3) is 0.267. The summed E-state index contributed by atoms with van der Waals surface area (Å²) in [5, 5.41) is 2.00. The largest absolute Gasteiger partial charge is 0.399 e. The lowest BCUT2D eigenvalue weighted by Gasteiger charge is -2.22. The standard InChI is InChI=1S/C15H18N2OS/c1-2-9-17(13-7-5-12(16)6-8-13)15(18)11-14-4-3-10-19-14/h3-8,10H,2,9,11,16H2,1H3. The molecular weight excluding hydrogens is 256 g/mol. The normalized spacial score (nSPS) is 10.4. The molecule has 0 atom stereocenters. The first-order valence-corrected chi connectivity index (χ1v) is 7.27. The summed E-state index contributed by atoms with van der Waals surface area (Å²) < 4.78 is 0. The van der Waals surface area contributed by atoms with Gasteiger partial charge in [-0.05, 0) is 42.1 Å². The van der Waals surface area contributed by atoms with Gasteiger partial charge in [-0.15, -0.1) is 11.3 Å². The third-order valence-electron chi connectivity index (χ3n) is 2.86. The molecule has 3 nitrogen and oxygen atoms in total. The van der Waals surface area contributed by atoms with E-state index in [1.807, 2.05) is 46.7 Å². The van der Waals surface area contributed by atoms with Crippen molar-refractivity contribution >= 4 is 28.6 Å². The Labute approximate surface area is 117 Å². The molecule has 2 aromatic rings. The van der Waals surface area contributed by atoms with Crippen molar-refractivity contribution in [3.8, 4) is 0 Å². The van der Waals surface area contributed by atoms with Gasteiger partial charge < -0.3 is 10.6 Å². The van der Waals surface area contributed by atoms with E-state index in [1.54, 1.807) is 11.3 Å². The summed E-state index contributed by atoms with van der Waals surface area (Å²) in [7, 11) is 0. The van der Waals surface area contributed by atoms with Crippen LogP contribution in [-0.4, -0.2) is 12.5 Å². The number of hydrogen-bond acceptors (Lipinski definition) is 3. The summed E-state index contributed by atoms with van der Waals surface area (Å²) in [5.74, 6) is 0.133. The fourth-order valence-electron chi connectivity index (χ4n) is 1.93. The maximum Gasteiger partial charge on any atom is 0.232 e. The average molecular weight is 274 g/mol. The van der Waals surface area contributed by atoms with Crippen LogP contribution < -0.4 is 10.6 Å². The third kappa shape index (κ3) is 3.58. The minimum atomic E-state index is 0.133. The molecule has 19 heavy (non-hydrogen) atoms. The Morgan fingerprint density at radius 1 is 1.26 bits per heavy atom. The van der Waals surface area contributed by atoms with E-state index in [1.165, 1.54) is 0 Å². The Kier molecular flexibility index (Phi) is 4.58. The van der Waals surface area contributed by atoms with Crippen LogP contribution in [0.3, 0.4) is 0 Å². The minimum Gasteiger partial charge on any atom is -0.399 e. The fourth-order valence-corrected chi connectivity index (χ4v) is 2.63. The number of carbonyl (C=O) groups is 1. The van der Waals surface area contributed by atoms with Crippen LogP contribution in [0.1, 0.15) is 18.2 Å². The quantitative estimate of drug-likeness (QED) is 0.850. The Hall–Kier alpha value is -1.81. The van der Waals surface area contributed by atoms with Crippen LogP contribution in [0, 0.1) is 0 Å². The highest BCUT2D eigenvalue weighted by Gasteiger charge is 2.15. The number of benzene rings is 1. The number of carbonyl (C=O) groups excluding carboxylic acids is 1. The van der Waals surface area contributed by atoms with Crippen LogP contribution in [0.15, 0.2) is 41.8 Å². The van der Waals surface area contributed by atoms with Crippen molar-refractivity contribution in [2.75, 3.05) is 17.2 Å². The average Bonchev–Trinajstić information content (AvgIpc) is 2.90. The highest BCUT2D eigenvalue weighted by molar-refractivity contribution is 7.10. The van der Waals surface area contributed by atoms with Gasteiger partial charge in [0, 0.05) is 22.8 Å². The molecule has 100 valence electrons. The summed E-state index contributed by atoms with van der Waals surface area (Å²) in [6, 6.07) is 11.4. The van der Waals surface area contributed by atoms with E-state index in [9.17, 15) is 4.79 Å². The van der Waals surface area contributed by atoms with Gasteiger partial charge in [0.15, 0.2) is 0 Å². The van der Waals surface area contributed by atoms with Crippen LogP contribution in [0.25, 0.3) is 0 Å². The van der Waals surface area contributed by atoms with Gasteiger partial charge >= 0.3 is 0 Å². The molecule has 4 heteroatoms. The van der Waals surface area contributed by atoms with Crippen LogP contribution in [0.4, 0.5) is 11.4 Å². The SMILES string of the molecule is CCCN(C(=O)Cc1cccs1)c1ccc(N)cc1. The molecule has 0 aliphatic carbocycles. The maximum atomic E-state index is 12.4. The molecule has 0 bridgehead atoms. The van der Waals surface area contributed by atoms with E-state index >= 15 is 0 Å². The predicted octanol–water partition coefficient (Wildman–Crippen LogP) is 3.32. The minimum absolute atomic E-state index is 0.133. The molecule has 0 spiro atoms. The number of amides is 1. The van der Waals surface area contributed by atoms with E-state index in [4.69, 9.17) is 5.73 Å². The van der Waals surface area contributed by atoms with Gasteiger partial charge in [-0.2, -0.15) is 0 Å². The summed E-state index contributed by atoms with van der Waals surface area (Å²) >= 11 is 1.62. The smallest absolute Gasteiger partial charge is 0.232 e. The summed E-state index contributed by atoms with van der Waals surface area (Å²) in [6.45, 7) is 2.80. The second kappa shape index (κ2) is 6.38. The molecule has 0 radical (unpaired) electrons. The molecule has 2 N–H and O–H groups in total. The lowest BCUT2D eigenvalue weighted by atomic mass is 10.2. The van der Waals surface area contributed by atoms with Crippen molar-refractivity contribution in [2.24, 2.45) is 0 Å². The summed E-state index contributed by atoms with van der Waals surface area (Å²) in [6.07, 6.45) is 1.39. The van der Waals surface area contributed by atoms with E-state index < -0.39 is 0 Å². The Morgan fingerprint density at radius 2 is 2.00 bits per heavy atom. The van der Waals surface area contributed by atoms with E-state index in [0.29, 0.717) is 12.1 Å². The molecule has 0 aliphatic rings. The van der Waals surface area contributed by atoms with Crippen molar-refractivity contribution in [3.63, 3.8) is 0 Å². The van der Waals surface area contributed by atoms with Gasteiger partial charge in [0.25, 0.3) is 0 Å². The molecule has 0 fully saturated rings. The molecular formula is C15H18N2OS. The lowest BCUT2D eigenvalue weighted by Crippen LogP contribution is -2.32. The number of nitrogens with two attached hydrogens (primary N) is 1. The first-order valence-electron chi connectivity index (χ1n) is 6.39.